The van der Waals surface area contributed by atoms with Gasteiger partial charge in [0.2, 0.25) is 11.8 Å². The van der Waals surface area contributed by atoms with Crippen molar-refractivity contribution in [3.8, 4) is 0 Å². The van der Waals surface area contributed by atoms with Crippen LogP contribution in [-0.4, -0.2) is 24.9 Å². The summed E-state index contributed by atoms with van der Waals surface area (Å²) in [6.07, 6.45) is 2.66. The molecule has 2 aromatic carbocycles. The highest BCUT2D eigenvalue weighted by Crippen LogP contribution is 2.26. The Kier molecular flexibility index (Phi) is 5.33. The van der Waals surface area contributed by atoms with E-state index >= 15 is 0 Å². The smallest absolute Gasteiger partial charge is 0.226 e. The number of amides is 2. The van der Waals surface area contributed by atoms with Crippen LogP contribution in [0.1, 0.15) is 25.3 Å². The van der Waals surface area contributed by atoms with Gasteiger partial charge in [-0.1, -0.05) is 24.3 Å². The van der Waals surface area contributed by atoms with Crippen LogP contribution in [-0.2, 0) is 16.0 Å². The molecule has 25 heavy (non-hydrogen) atoms. The highest BCUT2D eigenvalue weighted by Gasteiger charge is 2.16. The highest BCUT2D eigenvalue weighted by molar-refractivity contribution is 5.93. The zero-order chi connectivity index (χ0) is 17.6. The van der Waals surface area contributed by atoms with Crippen LogP contribution in [0.2, 0.25) is 0 Å². The van der Waals surface area contributed by atoms with E-state index < -0.39 is 0 Å². The number of hydrogen-bond acceptors (Lipinski definition) is 3. The molecule has 2 N–H and O–H groups in total. The van der Waals surface area contributed by atoms with Gasteiger partial charge in [-0.15, -0.1) is 0 Å². The van der Waals surface area contributed by atoms with Crippen molar-refractivity contribution >= 4 is 28.9 Å². The second-order valence-electron chi connectivity index (χ2n) is 6.28. The molecule has 3 rings (SSSR count). The maximum atomic E-state index is 12.3. The van der Waals surface area contributed by atoms with Crippen LogP contribution in [0.5, 0.6) is 0 Å². The largest absolute Gasteiger partial charge is 0.371 e. The number of aryl methyl sites for hydroxylation is 1. The summed E-state index contributed by atoms with van der Waals surface area (Å²) >= 11 is 0. The summed E-state index contributed by atoms with van der Waals surface area (Å²) in [5.74, 6) is -0.157. The third-order valence-electron chi connectivity index (χ3n) is 4.28. The van der Waals surface area contributed by atoms with Crippen LogP contribution in [0, 0.1) is 0 Å². The summed E-state index contributed by atoms with van der Waals surface area (Å²) in [7, 11) is 0. The first-order valence-corrected chi connectivity index (χ1v) is 8.62. The third kappa shape index (κ3) is 4.59. The molecule has 5 nitrogen and oxygen atoms in total. The highest BCUT2D eigenvalue weighted by atomic mass is 16.2. The fraction of sp³-hybridized carbons (Fsp3) is 0.300. The standard InChI is InChI=1S/C20H23N3O2/c1-15(24)21-17-8-4-9-18(14-17)22-20(25)11-13-23-12-5-7-16-6-2-3-10-19(16)23/h2-4,6,8-10,14H,5,7,11-13H2,1H3,(H,21,24)(H,22,25). The topological polar surface area (TPSA) is 61.4 Å². The summed E-state index contributed by atoms with van der Waals surface area (Å²) in [6, 6.07) is 15.6. The Balaban J connectivity index is 1.56. The molecule has 0 aliphatic carbocycles. The molecule has 1 heterocycles. The van der Waals surface area contributed by atoms with Crippen molar-refractivity contribution in [1.29, 1.82) is 0 Å². The summed E-state index contributed by atoms with van der Waals surface area (Å²) < 4.78 is 0. The maximum absolute atomic E-state index is 12.3. The van der Waals surface area contributed by atoms with Crippen LogP contribution in [0.4, 0.5) is 17.1 Å². The molecular weight excluding hydrogens is 314 g/mol. The van der Waals surface area contributed by atoms with Gasteiger partial charge in [0.1, 0.15) is 0 Å². The average Bonchev–Trinajstić information content (AvgIpc) is 2.59. The van der Waals surface area contributed by atoms with Crippen molar-refractivity contribution < 1.29 is 9.59 Å². The number of para-hydroxylation sites is 1. The number of rotatable bonds is 5. The molecule has 0 aromatic heterocycles. The summed E-state index contributed by atoms with van der Waals surface area (Å²) in [6.45, 7) is 3.15. The Morgan fingerprint density at radius 1 is 1.04 bits per heavy atom. The molecule has 0 atom stereocenters. The summed E-state index contributed by atoms with van der Waals surface area (Å²) in [5, 5.41) is 5.62. The SMILES string of the molecule is CC(=O)Nc1cccc(NC(=O)CCN2CCCc3ccccc32)c1. The van der Waals surface area contributed by atoms with Gasteiger partial charge in [-0.3, -0.25) is 9.59 Å². The molecule has 0 spiro atoms. The lowest BCUT2D eigenvalue weighted by Crippen LogP contribution is -2.32. The quantitative estimate of drug-likeness (QED) is 0.879. The number of anilines is 3. The van der Waals surface area contributed by atoms with Crippen molar-refractivity contribution in [1.82, 2.24) is 0 Å². The number of benzene rings is 2. The molecule has 0 bridgehead atoms. The Hall–Kier alpha value is -2.82. The lowest BCUT2D eigenvalue weighted by Gasteiger charge is -2.31. The van der Waals surface area contributed by atoms with Gasteiger partial charge >= 0.3 is 0 Å². The second kappa shape index (κ2) is 7.83. The van der Waals surface area contributed by atoms with Gasteiger partial charge in [0.15, 0.2) is 0 Å². The van der Waals surface area contributed by atoms with E-state index in [2.05, 4.69) is 33.7 Å². The summed E-state index contributed by atoms with van der Waals surface area (Å²) in [4.78, 5) is 25.7. The zero-order valence-electron chi connectivity index (χ0n) is 14.4. The van der Waals surface area contributed by atoms with Crippen molar-refractivity contribution in [3.05, 3.63) is 54.1 Å². The zero-order valence-corrected chi connectivity index (χ0v) is 14.4. The molecule has 0 unspecified atom stereocenters. The first-order chi connectivity index (χ1) is 12.1. The van der Waals surface area contributed by atoms with Gasteiger partial charge in [-0.05, 0) is 42.7 Å². The van der Waals surface area contributed by atoms with Crippen LogP contribution < -0.4 is 15.5 Å². The molecule has 0 fully saturated rings. The van der Waals surface area contributed by atoms with Gasteiger partial charge in [0.25, 0.3) is 0 Å². The molecule has 0 radical (unpaired) electrons. The minimum atomic E-state index is -0.132. The van der Waals surface area contributed by atoms with E-state index in [4.69, 9.17) is 0 Å². The number of nitrogens with one attached hydrogen (secondary N) is 2. The van der Waals surface area contributed by atoms with E-state index in [1.54, 1.807) is 12.1 Å². The first kappa shape index (κ1) is 17.0. The van der Waals surface area contributed by atoms with E-state index in [0.717, 1.165) is 19.4 Å². The first-order valence-electron chi connectivity index (χ1n) is 8.62. The number of hydrogen-bond donors (Lipinski definition) is 2. The predicted octanol–water partition coefficient (Wildman–Crippen LogP) is 3.43. The van der Waals surface area contributed by atoms with Crippen molar-refractivity contribution in [2.24, 2.45) is 0 Å². The number of nitrogens with zero attached hydrogens (tertiary/aromatic N) is 1. The van der Waals surface area contributed by atoms with Crippen LogP contribution in [0.25, 0.3) is 0 Å². The summed E-state index contributed by atoms with van der Waals surface area (Å²) in [5.41, 5.74) is 3.97. The lowest BCUT2D eigenvalue weighted by molar-refractivity contribution is -0.116. The second-order valence-corrected chi connectivity index (χ2v) is 6.28. The monoisotopic (exact) mass is 337 g/mol. The van der Waals surface area contributed by atoms with Crippen molar-refractivity contribution in [3.63, 3.8) is 0 Å². The molecular formula is C20H23N3O2. The van der Waals surface area contributed by atoms with Gasteiger partial charge in [0, 0.05) is 43.5 Å². The Bertz CT molecular complexity index is 773. The van der Waals surface area contributed by atoms with E-state index in [0.29, 0.717) is 24.3 Å². The van der Waals surface area contributed by atoms with E-state index in [1.165, 1.54) is 18.2 Å². The van der Waals surface area contributed by atoms with Crippen LogP contribution in [0.15, 0.2) is 48.5 Å². The molecule has 2 amide bonds. The van der Waals surface area contributed by atoms with Gasteiger partial charge in [-0.25, -0.2) is 0 Å². The van der Waals surface area contributed by atoms with E-state index in [1.807, 2.05) is 18.2 Å². The van der Waals surface area contributed by atoms with Crippen LogP contribution in [0.3, 0.4) is 0 Å². The number of fused-ring (bicyclic) bond motifs is 1. The maximum Gasteiger partial charge on any atom is 0.226 e. The molecule has 1 aliphatic rings. The molecule has 0 saturated carbocycles. The van der Waals surface area contributed by atoms with E-state index in [9.17, 15) is 9.59 Å². The molecule has 1 aliphatic heterocycles. The van der Waals surface area contributed by atoms with Gasteiger partial charge in [0.05, 0.1) is 0 Å². The Morgan fingerprint density at radius 3 is 2.60 bits per heavy atom. The number of carbonyl (C=O) groups excluding carboxylic acids is 2. The van der Waals surface area contributed by atoms with Gasteiger partial charge < -0.3 is 15.5 Å². The Labute approximate surface area is 148 Å². The predicted molar refractivity (Wildman–Crippen MR) is 101 cm³/mol. The molecule has 130 valence electrons. The van der Waals surface area contributed by atoms with E-state index in [-0.39, 0.29) is 11.8 Å². The Morgan fingerprint density at radius 2 is 1.80 bits per heavy atom. The average molecular weight is 337 g/mol. The fourth-order valence-electron chi connectivity index (χ4n) is 3.18. The lowest BCUT2D eigenvalue weighted by atomic mass is 10.0. The minimum absolute atomic E-state index is 0.0250. The molecule has 5 heteroatoms. The fourth-order valence-corrected chi connectivity index (χ4v) is 3.18. The molecule has 0 saturated heterocycles. The number of carbonyl (C=O) groups is 2. The normalized spacial score (nSPS) is 13.1. The van der Waals surface area contributed by atoms with Crippen LogP contribution >= 0.6 is 0 Å². The third-order valence-corrected chi connectivity index (χ3v) is 4.28. The van der Waals surface area contributed by atoms with Gasteiger partial charge in [-0.2, -0.15) is 0 Å². The van der Waals surface area contributed by atoms with Crippen molar-refractivity contribution in [2.75, 3.05) is 28.6 Å². The minimum Gasteiger partial charge on any atom is -0.371 e. The van der Waals surface area contributed by atoms with Crippen molar-refractivity contribution in [2.45, 2.75) is 26.2 Å². The molecule has 2 aromatic rings.